The predicted molar refractivity (Wildman–Crippen MR) is 70.2 cm³/mol. The van der Waals surface area contributed by atoms with Gasteiger partial charge in [-0.25, -0.2) is 0 Å². The molecule has 1 aromatic heterocycles. The molecule has 6 heteroatoms. The van der Waals surface area contributed by atoms with E-state index in [1.807, 2.05) is 4.90 Å². The van der Waals surface area contributed by atoms with Crippen LogP contribution in [0.15, 0.2) is 6.07 Å². The Morgan fingerprint density at radius 3 is 2.39 bits per heavy atom. The fourth-order valence-corrected chi connectivity index (χ4v) is 2.20. The fourth-order valence-electron chi connectivity index (χ4n) is 2.20. The first-order valence-electron chi connectivity index (χ1n) is 6.23. The lowest BCUT2D eigenvalue weighted by atomic mass is 10.0. The van der Waals surface area contributed by atoms with Crippen molar-refractivity contribution in [3.8, 4) is 0 Å². The van der Waals surface area contributed by atoms with Gasteiger partial charge >= 0.3 is 0 Å². The number of piperazine rings is 1. The van der Waals surface area contributed by atoms with Crippen LogP contribution in [0.1, 0.15) is 31.3 Å². The number of hydrogen-bond donors (Lipinski definition) is 2. The van der Waals surface area contributed by atoms with Crippen LogP contribution in [0.4, 0.5) is 5.82 Å². The molecule has 0 saturated carbocycles. The van der Waals surface area contributed by atoms with Crippen LogP contribution >= 0.6 is 0 Å². The van der Waals surface area contributed by atoms with Gasteiger partial charge in [0.2, 0.25) is 0 Å². The Labute approximate surface area is 107 Å². The van der Waals surface area contributed by atoms with E-state index in [4.69, 9.17) is 5.73 Å². The van der Waals surface area contributed by atoms with Crippen molar-refractivity contribution < 1.29 is 4.79 Å². The number of aromatic amines is 1. The minimum atomic E-state index is -0.0206. The quantitative estimate of drug-likeness (QED) is 0.764. The third kappa shape index (κ3) is 2.64. The smallest absolute Gasteiger partial charge is 0.272 e. The predicted octanol–water partition coefficient (Wildman–Crippen LogP) is 0.548. The Kier molecular flexibility index (Phi) is 3.30. The van der Waals surface area contributed by atoms with Crippen LogP contribution in [0.3, 0.4) is 0 Å². The summed E-state index contributed by atoms with van der Waals surface area (Å²) in [5.41, 5.74) is 6.13. The molecule has 1 amide bonds. The molecule has 0 aromatic carbocycles. The van der Waals surface area contributed by atoms with Crippen LogP contribution in [0.5, 0.6) is 0 Å². The van der Waals surface area contributed by atoms with Crippen LogP contribution in [0.2, 0.25) is 0 Å². The molecule has 0 atom stereocenters. The first kappa shape index (κ1) is 12.9. The van der Waals surface area contributed by atoms with Gasteiger partial charge in [-0.15, -0.1) is 0 Å². The van der Waals surface area contributed by atoms with Crippen molar-refractivity contribution in [2.45, 2.75) is 26.3 Å². The zero-order valence-corrected chi connectivity index (χ0v) is 11.2. The molecule has 1 aliphatic rings. The van der Waals surface area contributed by atoms with E-state index in [-0.39, 0.29) is 11.4 Å². The minimum Gasteiger partial charge on any atom is -0.382 e. The largest absolute Gasteiger partial charge is 0.382 e. The second kappa shape index (κ2) is 4.61. The average molecular weight is 251 g/mol. The summed E-state index contributed by atoms with van der Waals surface area (Å²) in [7, 11) is 0. The number of hydrogen-bond acceptors (Lipinski definition) is 4. The van der Waals surface area contributed by atoms with Gasteiger partial charge in [0.15, 0.2) is 0 Å². The van der Waals surface area contributed by atoms with Crippen LogP contribution in [0, 0.1) is 0 Å². The molecule has 100 valence electrons. The molecule has 1 aliphatic heterocycles. The Hall–Kier alpha value is -1.56. The highest BCUT2D eigenvalue weighted by atomic mass is 16.2. The summed E-state index contributed by atoms with van der Waals surface area (Å²) in [6.07, 6.45) is 0. The summed E-state index contributed by atoms with van der Waals surface area (Å²) in [5, 5.41) is 6.45. The molecule has 1 fully saturated rings. The molecular weight excluding hydrogens is 230 g/mol. The zero-order chi connectivity index (χ0) is 13.3. The topological polar surface area (TPSA) is 78.2 Å². The standard InChI is InChI=1S/C12H21N5O/c1-12(2,3)17-6-4-16(5-7-17)11(18)9-8-10(13)15-14-9/h8H,4-7H2,1-3H3,(H3,13,14,15). The van der Waals surface area contributed by atoms with Crippen LogP contribution in [-0.4, -0.2) is 57.6 Å². The van der Waals surface area contributed by atoms with Crippen molar-refractivity contribution in [2.75, 3.05) is 31.9 Å². The van der Waals surface area contributed by atoms with E-state index in [9.17, 15) is 4.79 Å². The van der Waals surface area contributed by atoms with Gasteiger partial charge < -0.3 is 10.6 Å². The van der Waals surface area contributed by atoms with E-state index in [2.05, 4.69) is 35.9 Å². The molecule has 0 spiro atoms. The number of aromatic nitrogens is 2. The van der Waals surface area contributed by atoms with Crippen molar-refractivity contribution in [3.05, 3.63) is 11.8 Å². The molecule has 2 rings (SSSR count). The fraction of sp³-hybridized carbons (Fsp3) is 0.667. The summed E-state index contributed by atoms with van der Waals surface area (Å²) in [6.45, 7) is 9.88. The molecule has 1 saturated heterocycles. The first-order valence-corrected chi connectivity index (χ1v) is 6.23. The van der Waals surface area contributed by atoms with Crippen molar-refractivity contribution >= 4 is 11.7 Å². The third-order valence-electron chi connectivity index (χ3n) is 3.34. The van der Waals surface area contributed by atoms with Gasteiger partial charge in [0.25, 0.3) is 5.91 Å². The number of nitrogens with zero attached hydrogens (tertiary/aromatic N) is 3. The summed E-state index contributed by atoms with van der Waals surface area (Å²) < 4.78 is 0. The minimum absolute atomic E-state index is 0.0206. The maximum absolute atomic E-state index is 12.2. The van der Waals surface area contributed by atoms with Gasteiger partial charge in [0.1, 0.15) is 11.5 Å². The van der Waals surface area contributed by atoms with Gasteiger partial charge in [0, 0.05) is 37.8 Å². The first-order chi connectivity index (χ1) is 8.38. The maximum Gasteiger partial charge on any atom is 0.272 e. The lowest BCUT2D eigenvalue weighted by Gasteiger charge is -2.42. The van der Waals surface area contributed by atoms with Gasteiger partial charge in [-0.05, 0) is 20.8 Å². The van der Waals surface area contributed by atoms with Gasteiger partial charge in [-0.1, -0.05) is 0 Å². The number of nitrogens with one attached hydrogen (secondary N) is 1. The molecule has 6 nitrogen and oxygen atoms in total. The molecule has 0 aliphatic carbocycles. The Balaban J connectivity index is 1.96. The van der Waals surface area contributed by atoms with E-state index < -0.39 is 0 Å². The SMILES string of the molecule is CC(C)(C)N1CCN(C(=O)c2cc(N)n[nH]2)CC1. The van der Waals surface area contributed by atoms with E-state index >= 15 is 0 Å². The molecular formula is C12H21N5O. The van der Waals surface area contributed by atoms with Crippen LogP contribution in [-0.2, 0) is 0 Å². The van der Waals surface area contributed by atoms with E-state index in [1.165, 1.54) is 0 Å². The normalized spacial score (nSPS) is 18.1. The Bertz CT molecular complexity index is 426. The summed E-state index contributed by atoms with van der Waals surface area (Å²) in [6, 6.07) is 1.58. The van der Waals surface area contributed by atoms with E-state index in [1.54, 1.807) is 6.07 Å². The summed E-state index contributed by atoms with van der Waals surface area (Å²) in [4.78, 5) is 16.4. The average Bonchev–Trinajstić information content (AvgIpc) is 2.74. The highest BCUT2D eigenvalue weighted by Gasteiger charge is 2.28. The van der Waals surface area contributed by atoms with E-state index in [0.717, 1.165) is 26.2 Å². The van der Waals surface area contributed by atoms with Gasteiger partial charge in [-0.2, -0.15) is 5.10 Å². The highest BCUT2D eigenvalue weighted by molar-refractivity contribution is 5.93. The Morgan fingerprint density at radius 2 is 1.94 bits per heavy atom. The zero-order valence-electron chi connectivity index (χ0n) is 11.2. The van der Waals surface area contributed by atoms with Crippen molar-refractivity contribution in [1.29, 1.82) is 0 Å². The van der Waals surface area contributed by atoms with Gasteiger partial charge in [-0.3, -0.25) is 14.8 Å². The molecule has 0 radical (unpaired) electrons. The number of carbonyl (C=O) groups is 1. The molecule has 18 heavy (non-hydrogen) atoms. The van der Waals surface area contributed by atoms with Crippen molar-refractivity contribution in [3.63, 3.8) is 0 Å². The highest BCUT2D eigenvalue weighted by Crippen LogP contribution is 2.17. The van der Waals surface area contributed by atoms with Crippen LogP contribution in [0.25, 0.3) is 0 Å². The maximum atomic E-state index is 12.2. The lowest BCUT2D eigenvalue weighted by Crippen LogP contribution is -2.54. The molecule has 0 bridgehead atoms. The van der Waals surface area contributed by atoms with Gasteiger partial charge in [0.05, 0.1) is 0 Å². The number of carbonyl (C=O) groups excluding carboxylic acids is 1. The lowest BCUT2D eigenvalue weighted by molar-refractivity contribution is 0.0447. The summed E-state index contributed by atoms with van der Waals surface area (Å²) >= 11 is 0. The monoisotopic (exact) mass is 251 g/mol. The number of anilines is 1. The van der Waals surface area contributed by atoms with E-state index in [0.29, 0.717) is 11.5 Å². The second-order valence-electron chi connectivity index (χ2n) is 5.66. The summed E-state index contributed by atoms with van der Waals surface area (Å²) in [5.74, 6) is 0.333. The molecule has 3 N–H and O–H groups in total. The number of amides is 1. The third-order valence-corrected chi connectivity index (χ3v) is 3.34. The number of H-pyrrole nitrogens is 1. The van der Waals surface area contributed by atoms with Crippen molar-refractivity contribution in [1.82, 2.24) is 20.0 Å². The molecule has 0 unspecified atom stereocenters. The second-order valence-corrected chi connectivity index (χ2v) is 5.66. The molecule has 2 heterocycles. The Morgan fingerprint density at radius 1 is 1.33 bits per heavy atom. The number of nitrogens with two attached hydrogens (primary N) is 1. The van der Waals surface area contributed by atoms with Crippen LogP contribution < -0.4 is 5.73 Å². The number of nitrogen functional groups attached to an aromatic ring is 1. The van der Waals surface area contributed by atoms with Crippen molar-refractivity contribution in [2.24, 2.45) is 0 Å². The molecule has 1 aromatic rings. The number of rotatable bonds is 1.